The third-order valence-electron chi connectivity index (χ3n) is 1.37. The summed E-state index contributed by atoms with van der Waals surface area (Å²) in [6.45, 7) is 0. The van der Waals surface area contributed by atoms with Crippen molar-refractivity contribution in [3.63, 3.8) is 0 Å². The number of carbonyl (C=O) groups is 1. The van der Waals surface area contributed by atoms with Gasteiger partial charge in [-0.2, -0.15) is 0 Å². The van der Waals surface area contributed by atoms with Gasteiger partial charge in [-0.3, -0.25) is 4.79 Å². The Morgan fingerprint density at radius 1 is 1.29 bits per heavy atom. The van der Waals surface area contributed by atoms with E-state index in [1.807, 2.05) is 0 Å². The van der Waals surface area contributed by atoms with Crippen LogP contribution in [0.1, 0.15) is 11.8 Å². The summed E-state index contributed by atoms with van der Waals surface area (Å²) in [5, 5.41) is 8.25. The molecule has 1 aromatic rings. The van der Waals surface area contributed by atoms with Gasteiger partial charge in [-0.1, -0.05) is 0 Å². The second-order valence-electron chi connectivity index (χ2n) is 2.34. The van der Waals surface area contributed by atoms with Crippen molar-refractivity contribution in [3.05, 3.63) is 47.7 Å². The summed E-state index contributed by atoms with van der Waals surface area (Å²) in [6.07, 6.45) is 1.33. The molecule has 0 unspecified atom stereocenters. The maximum absolute atomic E-state index is 12.5. The number of hydrogen-bond donors (Lipinski definition) is 1. The summed E-state index contributed by atoms with van der Waals surface area (Å²) in [7, 11) is 0. The first kappa shape index (κ1) is 13.3. The van der Waals surface area contributed by atoms with Gasteiger partial charge >= 0.3 is 29.6 Å². The minimum absolute atomic E-state index is 0. The number of rotatable bonds is 2. The second kappa shape index (κ2) is 5.90. The van der Waals surface area contributed by atoms with E-state index in [9.17, 15) is 13.6 Å². The van der Waals surface area contributed by atoms with Gasteiger partial charge in [0.05, 0.1) is 6.26 Å². The van der Waals surface area contributed by atoms with Crippen LogP contribution in [-0.2, 0) is 0 Å². The van der Waals surface area contributed by atoms with Crippen molar-refractivity contribution in [3.8, 4) is 0 Å². The molecule has 0 radical (unpaired) electrons. The summed E-state index contributed by atoms with van der Waals surface area (Å²) in [5.74, 6) is -2.30. The van der Waals surface area contributed by atoms with Crippen LogP contribution in [0.4, 0.5) is 8.78 Å². The number of aliphatic hydroxyl groups is 1. The van der Waals surface area contributed by atoms with Crippen molar-refractivity contribution in [2.75, 3.05) is 0 Å². The van der Waals surface area contributed by atoms with Crippen LogP contribution in [0.15, 0.2) is 30.5 Å². The van der Waals surface area contributed by atoms with E-state index in [0.717, 1.165) is 18.2 Å². The molecule has 2 nitrogen and oxygen atoms in total. The first-order valence-corrected chi connectivity index (χ1v) is 3.44. The Morgan fingerprint density at radius 2 is 1.79 bits per heavy atom. The molecule has 70 valence electrons. The second-order valence-corrected chi connectivity index (χ2v) is 2.34. The number of carbonyl (C=O) groups excluding carboxylic acids is 1. The molecular weight excluding hydrogens is 201 g/mol. The van der Waals surface area contributed by atoms with Crippen LogP contribution >= 0.6 is 0 Å². The van der Waals surface area contributed by atoms with Crippen LogP contribution in [0.2, 0.25) is 0 Å². The smallest absolute Gasteiger partial charge is 1.00 e. The number of ketones is 1. The molecule has 1 aromatic carbocycles. The van der Waals surface area contributed by atoms with Crippen molar-refractivity contribution in [1.82, 2.24) is 0 Å². The van der Waals surface area contributed by atoms with E-state index in [1.165, 1.54) is 0 Å². The minimum atomic E-state index is -0.824. The molecule has 1 rings (SSSR count). The molecule has 0 aromatic heterocycles. The van der Waals surface area contributed by atoms with Gasteiger partial charge in [-0.15, -0.1) is 0 Å². The Balaban J connectivity index is 0. The molecule has 1 N–H and O–H groups in total. The molecule has 0 amide bonds. The predicted octanol–water partition coefficient (Wildman–Crippen LogP) is -0.664. The molecule has 0 aliphatic carbocycles. The standard InChI is InChI=1S/C9H6F2O2.Na.H/c10-7-3-6(4-8(11)5-7)9(13)1-2-12;;/h1-5,12H;;/q;+1;-1. The van der Waals surface area contributed by atoms with E-state index in [0.29, 0.717) is 12.3 Å². The Labute approximate surface area is 103 Å². The maximum atomic E-state index is 12.5. The molecule has 5 heteroatoms. The van der Waals surface area contributed by atoms with Gasteiger partial charge in [0.25, 0.3) is 0 Å². The molecule has 0 aliphatic heterocycles. The SMILES string of the molecule is O=C(C=CO)c1cc(F)cc(F)c1.[H-].[Na+]. The van der Waals surface area contributed by atoms with Gasteiger partial charge < -0.3 is 6.53 Å². The molecule has 0 aliphatic rings. The summed E-state index contributed by atoms with van der Waals surface area (Å²) in [4.78, 5) is 11.0. The molecule has 0 saturated heterocycles. The normalized spacial score (nSPS) is 9.86. The van der Waals surface area contributed by atoms with Crippen LogP contribution < -0.4 is 29.6 Å². The van der Waals surface area contributed by atoms with Crippen molar-refractivity contribution in [1.29, 1.82) is 0 Å². The van der Waals surface area contributed by atoms with E-state index in [2.05, 4.69) is 0 Å². The third kappa shape index (κ3) is 3.57. The third-order valence-corrected chi connectivity index (χ3v) is 1.37. The molecule has 0 saturated carbocycles. The maximum Gasteiger partial charge on any atom is 1.00 e. The first-order valence-electron chi connectivity index (χ1n) is 3.44. The van der Waals surface area contributed by atoms with Crippen LogP contribution in [0, 0.1) is 11.6 Å². The Hall–Kier alpha value is -0.710. The van der Waals surface area contributed by atoms with Crippen LogP contribution in [0.5, 0.6) is 0 Å². The summed E-state index contributed by atoms with van der Waals surface area (Å²) >= 11 is 0. The zero-order valence-corrected chi connectivity index (χ0v) is 9.50. The molecule has 14 heavy (non-hydrogen) atoms. The topological polar surface area (TPSA) is 37.3 Å². The Morgan fingerprint density at radius 3 is 2.21 bits per heavy atom. The molecule has 0 heterocycles. The van der Waals surface area contributed by atoms with E-state index < -0.39 is 17.4 Å². The van der Waals surface area contributed by atoms with E-state index in [1.54, 1.807) is 0 Å². The average Bonchev–Trinajstić information content (AvgIpc) is 2.03. The fourth-order valence-corrected chi connectivity index (χ4v) is 0.860. The van der Waals surface area contributed by atoms with E-state index in [4.69, 9.17) is 5.11 Å². The zero-order chi connectivity index (χ0) is 9.84. The van der Waals surface area contributed by atoms with Crippen LogP contribution in [0.25, 0.3) is 0 Å². The van der Waals surface area contributed by atoms with Crippen molar-refractivity contribution >= 4 is 5.78 Å². The number of halogens is 2. The largest absolute Gasteiger partial charge is 1.00 e. The molecule has 0 fully saturated rings. The fraction of sp³-hybridized carbons (Fsp3) is 0. The van der Waals surface area contributed by atoms with Crippen LogP contribution in [-0.4, -0.2) is 10.9 Å². The van der Waals surface area contributed by atoms with Gasteiger partial charge in [0, 0.05) is 17.7 Å². The number of hydrogen-bond acceptors (Lipinski definition) is 2. The summed E-state index contributed by atoms with van der Waals surface area (Å²) in [5.41, 5.74) is -0.136. The number of benzene rings is 1. The average molecular weight is 208 g/mol. The monoisotopic (exact) mass is 208 g/mol. The molecule has 0 bridgehead atoms. The van der Waals surface area contributed by atoms with Crippen molar-refractivity contribution < 1.29 is 49.7 Å². The summed E-state index contributed by atoms with van der Waals surface area (Å²) in [6, 6.07) is 2.45. The van der Waals surface area contributed by atoms with Gasteiger partial charge in [0.1, 0.15) is 11.6 Å². The fourth-order valence-electron chi connectivity index (χ4n) is 0.860. The van der Waals surface area contributed by atoms with E-state index >= 15 is 0 Å². The van der Waals surface area contributed by atoms with Gasteiger partial charge in [0.2, 0.25) is 0 Å². The summed E-state index contributed by atoms with van der Waals surface area (Å²) < 4.78 is 25.1. The quantitative estimate of drug-likeness (QED) is 0.303. The number of aliphatic hydroxyl groups excluding tert-OH is 1. The predicted molar refractivity (Wildman–Crippen MR) is 43.6 cm³/mol. The van der Waals surface area contributed by atoms with Gasteiger partial charge in [-0.25, -0.2) is 8.78 Å². The van der Waals surface area contributed by atoms with Gasteiger partial charge in [-0.05, 0) is 12.1 Å². The van der Waals surface area contributed by atoms with Gasteiger partial charge in [0.15, 0.2) is 5.78 Å². The number of allylic oxidation sites excluding steroid dienone is 1. The molecular formula is C9H7F2NaO2. The van der Waals surface area contributed by atoms with Crippen LogP contribution in [0.3, 0.4) is 0 Å². The molecule has 0 spiro atoms. The Kier molecular flexibility index (Phi) is 5.60. The minimum Gasteiger partial charge on any atom is -1.00 e. The van der Waals surface area contributed by atoms with E-state index in [-0.39, 0.29) is 36.5 Å². The zero-order valence-electron chi connectivity index (χ0n) is 8.50. The first-order chi connectivity index (χ1) is 6.13. The Bertz CT molecular complexity index is 349. The van der Waals surface area contributed by atoms with Crippen molar-refractivity contribution in [2.24, 2.45) is 0 Å². The molecule has 0 atom stereocenters. The van der Waals surface area contributed by atoms with Crippen molar-refractivity contribution in [2.45, 2.75) is 0 Å².